The van der Waals surface area contributed by atoms with Gasteiger partial charge >= 0.3 is 6.18 Å². The molecule has 1 aliphatic carbocycles. The summed E-state index contributed by atoms with van der Waals surface area (Å²) >= 11 is 3.23. The molecule has 0 bridgehead atoms. The molecule has 0 N–H and O–H groups in total. The van der Waals surface area contributed by atoms with E-state index in [1.165, 1.54) is 11.0 Å². The maximum atomic E-state index is 12.6. The van der Waals surface area contributed by atoms with Crippen LogP contribution in [0.5, 0.6) is 0 Å². The molecule has 1 aliphatic rings. The summed E-state index contributed by atoms with van der Waals surface area (Å²) in [5.74, 6) is 0. The number of nitrogens with zero attached hydrogens (tertiary/aromatic N) is 2. The first-order valence-electron chi connectivity index (χ1n) is 5.44. The van der Waals surface area contributed by atoms with E-state index in [1.54, 1.807) is 12.1 Å². The van der Waals surface area contributed by atoms with Crippen LogP contribution < -0.4 is 4.90 Å². The number of benzene rings is 1. The minimum atomic E-state index is -4.27. The Hall–Kier alpha value is -1.22. The van der Waals surface area contributed by atoms with Crippen LogP contribution in [0, 0.1) is 11.3 Å². The molecule has 2 rings (SSSR count). The Morgan fingerprint density at radius 3 is 2.56 bits per heavy atom. The van der Waals surface area contributed by atoms with Crippen LogP contribution in [0.2, 0.25) is 0 Å². The molecule has 1 fully saturated rings. The molecule has 1 aromatic rings. The summed E-state index contributed by atoms with van der Waals surface area (Å²) in [6.45, 7) is -1.01. The van der Waals surface area contributed by atoms with Crippen LogP contribution in [-0.2, 0) is 0 Å². The Kier molecular flexibility index (Phi) is 3.53. The van der Waals surface area contributed by atoms with Gasteiger partial charge in [-0.1, -0.05) is 15.9 Å². The minimum Gasteiger partial charge on any atom is -0.358 e. The molecule has 0 aliphatic heterocycles. The highest BCUT2D eigenvalue weighted by molar-refractivity contribution is 9.10. The van der Waals surface area contributed by atoms with E-state index < -0.39 is 12.7 Å². The van der Waals surface area contributed by atoms with Gasteiger partial charge in [0.15, 0.2) is 0 Å². The summed E-state index contributed by atoms with van der Waals surface area (Å²) in [7, 11) is 0. The molecule has 0 saturated heterocycles. The second kappa shape index (κ2) is 4.81. The smallest absolute Gasteiger partial charge is 0.358 e. The number of hydrogen-bond acceptors (Lipinski definition) is 2. The Morgan fingerprint density at radius 1 is 1.39 bits per heavy atom. The first kappa shape index (κ1) is 13.2. The summed E-state index contributed by atoms with van der Waals surface area (Å²) in [4.78, 5) is 1.28. The van der Waals surface area contributed by atoms with Crippen LogP contribution >= 0.6 is 15.9 Å². The maximum absolute atomic E-state index is 12.6. The number of rotatable bonds is 3. The predicted octanol–water partition coefficient (Wildman–Crippen LogP) is 3.85. The van der Waals surface area contributed by atoms with E-state index in [9.17, 15) is 13.2 Å². The van der Waals surface area contributed by atoms with Gasteiger partial charge in [-0.05, 0) is 31.0 Å². The van der Waals surface area contributed by atoms with Gasteiger partial charge < -0.3 is 4.90 Å². The second-order valence-corrected chi connectivity index (χ2v) is 5.16. The molecule has 0 atom stereocenters. The summed E-state index contributed by atoms with van der Waals surface area (Å²) in [6, 6.07) is 6.60. The van der Waals surface area contributed by atoms with Gasteiger partial charge in [-0.3, -0.25) is 0 Å². The van der Waals surface area contributed by atoms with E-state index in [1.807, 2.05) is 6.07 Å². The largest absolute Gasteiger partial charge is 0.405 e. The van der Waals surface area contributed by atoms with E-state index in [0.717, 1.165) is 12.8 Å². The lowest BCUT2D eigenvalue weighted by molar-refractivity contribution is -0.120. The quantitative estimate of drug-likeness (QED) is 0.846. The fourth-order valence-electron chi connectivity index (χ4n) is 1.83. The maximum Gasteiger partial charge on any atom is 0.405 e. The first-order valence-corrected chi connectivity index (χ1v) is 6.23. The average molecular weight is 319 g/mol. The molecule has 0 unspecified atom stereocenters. The van der Waals surface area contributed by atoms with Crippen LogP contribution in [0.15, 0.2) is 22.7 Å². The third kappa shape index (κ3) is 3.16. The Balaban J connectivity index is 2.36. The molecule has 1 saturated carbocycles. The van der Waals surface area contributed by atoms with Gasteiger partial charge in [0, 0.05) is 10.5 Å². The van der Waals surface area contributed by atoms with Crippen LogP contribution in [0.4, 0.5) is 18.9 Å². The van der Waals surface area contributed by atoms with Crippen LogP contribution in [-0.4, -0.2) is 18.8 Å². The molecule has 6 heteroatoms. The van der Waals surface area contributed by atoms with Crippen molar-refractivity contribution in [2.45, 2.75) is 25.1 Å². The van der Waals surface area contributed by atoms with Crippen LogP contribution in [0.1, 0.15) is 18.4 Å². The standard InChI is InChI=1S/C12H10BrF3N2/c13-9-2-1-8(6-17)11(5-9)18(10-3-4-10)7-12(14,15)16/h1-2,5,10H,3-4,7H2. The fraction of sp³-hybridized carbons (Fsp3) is 0.417. The molecule has 1 aromatic carbocycles. The molecule has 0 aromatic heterocycles. The molecule has 0 heterocycles. The highest BCUT2D eigenvalue weighted by atomic mass is 79.9. The van der Waals surface area contributed by atoms with Crippen molar-refractivity contribution in [3.05, 3.63) is 28.2 Å². The van der Waals surface area contributed by atoms with E-state index in [0.29, 0.717) is 10.2 Å². The van der Waals surface area contributed by atoms with Crippen molar-refractivity contribution in [1.82, 2.24) is 0 Å². The van der Waals surface area contributed by atoms with Gasteiger partial charge in [0.1, 0.15) is 12.6 Å². The predicted molar refractivity (Wildman–Crippen MR) is 65.3 cm³/mol. The summed E-state index contributed by atoms with van der Waals surface area (Å²) in [6.07, 6.45) is -2.78. The molecule has 0 spiro atoms. The minimum absolute atomic E-state index is 0.104. The zero-order valence-corrected chi connectivity index (χ0v) is 10.9. The molecular weight excluding hydrogens is 309 g/mol. The SMILES string of the molecule is N#Cc1ccc(Br)cc1N(CC(F)(F)F)C1CC1. The molecule has 96 valence electrons. The highest BCUT2D eigenvalue weighted by Gasteiger charge is 2.39. The molecule has 2 nitrogen and oxygen atoms in total. The zero-order valence-electron chi connectivity index (χ0n) is 9.34. The number of nitriles is 1. The summed E-state index contributed by atoms with van der Waals surface area (Å²) < 4.78 is 38.4. The normalized spacial score (nSPS) is 15.3. The van der Waals surface area contributed by atoms with Gasteiger partial charge in [-0.25, -0.2) is 0 Å². The average Bonchev–Trinajstić information content (AvgIpc) is 3.08. The number of halogens is 4. The van der Waals surface area contributed by atoms with Crippen molar-refractivity contribution >= 4 is 21.6 Å². The van der Waals surface area contributed by atoms with E-state index >= 15 is 0 Å². The van der Waals surface area contributed by atoms with Crippen LogP contribution in [0.3, 0.4) is 0 Å². The third-order valence-corrected chi connectivity index (χ3v) is 3.22. The summed E-state index contributed by atoms with van der Waals surface area (Å²) in [5, 5.41) is 8.99. The van der Waals surface area contributed by atoms with Crippen molar-refractivity contribution in [2.75, 3.05) is 11.4 Å². The fourth-order valence-corrected chi connectivity index (χ4v) is 2.18. The Bertz CT molecular complexity index is 489. The zero-order chi connectivity index (χ0) is 13.3. The molecular formula is C12H10BrF3N2. The molecule has 0 radical (unpaired) electrons. The van der Waals surface area contributed by atoms with Gasteiger partial charge in [0.05, 0.1) is 11.3 Å². The van der Waals surface area contributed by atoms with Gasteiger partial charge in [-0.15, -0.1) is 0 Å². The number of hydrogen-bond donors (Lipinski definition) is 0. The summed E-state index contributed by atoms with van der Waals surface area (Å²) in [5.41, 5.74) is 0.626. The van der Waals surface area contributed by atoms with Crippen molar-refractivity contribution in [2.24, 2.45) is 0 Å². The van der Waals surface area contributed by atoms with Crippen molar-refractivity contribution in [3.63, 3.8) is 0 Å². The van der Waals surface area contributed by atoms with E-state index in [4.69, 9.17) is 5.26 Å². The lowest BCUT2D eigenvalue weighted by Crippen LogP contribution is -2.36. The van der Waals surface area contributed by atoms with E-state index in [2.05, 4.69) is 15.9 Å². The molecule has 0 amide bonds. The van der Waals surface area contributed by atoms with E-state index in [-0.39, 0.29) is 11.6 Å². The van der Waals surface area contributed by atoms with Crippen molar-refractivity contribution in [3.8, 4) is 6.07 Å². The topological polar surface area (TPSA) is 27.0 Å². The third-order valence-electron chi connectivity index (χ3n) is 2.73. The Labute approximate surface area is 111 Å². The molecule has 18 heavy (non-hydrogen) atoms. The van der Waals surface area contributed by atoms with Crippen molar-refractivity contribution in [1.29, 1.82) is 5.26 Å². The van der Waals surface area contributed by atoms with Gasteiger partial charge in [0.2, 0.25) is 0 Å². The first-order chi connectivity index (χ1) is 8.40. The van der Waals surface area contributed by atoms with Crippen LogP contribution in [0.25, 0.3) is 0 Å². The highest BCUT2D eigenvalue weighted by Crippen LogP contribution is 2.37. The van der Waals surface area contributed by atoms with Gasteiger partial charge in [0.25, 0.3) is 0 Å². The second-order valence-electron chi connectivity index (χ2n) is 4.25. The van der Waals surface area contributed by atoms with Gasteiger partial charge in [-0.2, -0.15) is 18.4 Å². The lowest BCUT2D eigenvalue weighted by Gasteiger charge is -2.26. The van der Waals surface area contributed by atoms with Crippen molar-refractivity contribution < 1.29 is 13.2 Å². The lowest BCUT2D eigenvalue weighted by atomic mass is 10.1. The number of anilines is 1. The number of alkyl halides is 3. The Morgan fingerprint density at radius 2 is 2.06 bits per heavy atom. The monoisotopic (exact) mass is 318 g/mol.